The van der Waals surface area contributed by atoms with Gasteiger partial charge in [0, 0.05) is 34.7 Å². The molecule has 0 radical (unpaired) electrons. The summed E-state index contributed by atoms with van der Waals surface area (Å²) in [5.74, 6) is -1.03. The van der Waals surface area contributed by atoms with Gasteiger partial charge < -0.3 is 5.11 Å². The SMILES string of the molecule is O=C(O)c1cc(Cl)cc(-c2cn(-c3ccccc3)nc2-c2ccncc2)c1. The third kappa shape index (κ3) is 3.45. The fourth-order valence-corrected chi connectivity index (χ4v) is 3.12. The van der Waals surface area contributed by atoms with Gasteiger partial charge in [-0.15, -0.1) is 0 Å². The molecule has 132 valence electrons. The largest absolute Gasteiger partial charge is 0.478 e. The number of hydrogen-bond acceptors (Lipinski definition) is 3. The zero-order valence-corrected chi connectivity index (χ0v) is 14.8. The van der Waals surface area contributed by atoms with Crippen molar-refractivity contribution in [3.63, 3.8) is 0 Å². The number of rotatable bonds is 4. The molecule has 6 heteroatoms. The van der Waals surface area contributed by atoms with E-state index in [0.717, 1.165) is 22.5 Å². The standard InChI is InChI=1S/C21H14ClN3O2/c22-17-11-15(10-16(12-17)21(26)27)19-13-25(18-4-2-1-3-5-18)24-20(19)14-6-8-23-9-7-14/h1-13H,(H,26,27). The molecule has 0 spiro atoms. The number of pyridine rings is 1. The van der Waals surface area contributed by atoms with E-state index in [-0.39, 0.29) is 5.56 Å². The average Bonchev–Trinajstić information content (AvgIpc) is 3.14. The van der Waals surface area contributed by atoms with Gasteiger partial charge in [-0.1, -0.05) is 29.8 Å². The Hall–Kier alpha value is -3.44. The summed E-state index contributed by atoms with van der Waals surface area (Å²) >= 11 is 6.17. The minimum absolute atomic E-state index is 0.130. The van der Waals surface area contributed by atoms with Crippen molar-refractivity contribution in [1.29, 1.82) is 0 Å². The van der Waals surface area contributed by atoms with Gasteiger partial charge in [0.1, 0.15) is 5.69 Å². The maximum atomic E-state index is 11.4. The third-order valence-corrected chi connectivity index (χ3v) is 4.36. The number of halogens is 1. The first-order chi connectivity index (χ1) is 13.1. The van der Waals surface area contributed by atoms with Crippen LogP contribution >= 0.6 is 11.6 Å². The van der Waals surface area contributed by atoms with Gasteiger partial charge in [0.05, 0.1) is 11.3 Å². The van der Waals surface area contributed by atoms with Crippen molar-refractivity contribution >= 4 is 17.6 Å². The molecule has 0 saturated carbocycles. The number of nitrogens with zero attached hydrogens (tertiary/aromatic N) is 3. The Morgan fingerprint density at radius 3 is 2.41 bits per heavy atom. The quantitative estimate of drug-likeness (QED) is 0.547. The zero-order chi connectivity index (χ0) is 18.8. The molecule has 0 amide bonds. The average molecular weight is 376 g/mol. The van der Waals surface area contributed by atoms with Gasteiger partial charge in [-0.25, -0.2) is 9.48 Å². The van der Waals surface area contributed by atoms with Crippen LogP contribution in [0, 0.1) is 0 Å². The summed E-state index contributed by atoms with van der Waals surface area (Å²) in [6, 6.07) is 18.2. The first kappa shape index (κ1) is 17.0. The second kappa shape index (κ2) is 7.05. The van der Waals surface area contributed by atoms with E-state index in [2.05, 4.69) is 4.98 Å². The van der Waals surface area contributed by atoms with Crippen molar-refractivity contribution in [2.45, 2.75) is 0 Å². The lowest BCUT2D eigenvalue weighted by Crippen LogP contribution is -1.96. The molecule has 4 rings (SSSR count). The van der Waals surface area contributed by atoms with Gasteiger partial charge in [0.15, 0.2) is 0 Å². The van der Waals surface area contributed by atoms with Crippen molar-refractivity contribution < 1.29 is 9.90 Å². The van der Waals surface area contributed by atoms with E-state index in [1.807, 2.05) is 48.7 Å². The van der Waals surface area contributed by atoms with Crippen molar-refractivity contribution in [3.8, 4) is 28.1 Å². The summed E-state index contributed by atoms with van der Waals surface area (Å²) in [5, 5.41) is 14.5. The molecular weight excluding hydrogens is 362 g/mol. The molecule has 0 saturated heterocycles. The summed E-state index contributed by atoms with van der Waals surface area (Å²) in [6.45, 7) is 0. The van der Waals surface area contributed by atoms with E-state index in [1.165, 1.54) is 6.07 Å². The number of para-hydroxylation sites is 1. The summed E-state index contributed by atoms with van der Waals surface area (Å²) in [5.41, 5.74) is 4.11. The van der Waals surface area contributed by atoms with Crippen LogP contribution in [0.15, 0.2) is 79.3 Å². The highest BCUT2D eigenvalue weighted by Gasteiger charge is 2.16. The van der Waals surface area contributed by atoms with E-state index in [9.17, 15) is 9.90 Å². The second-order valence-corrected chi connectivity index (χ2v) is 6.38. The van der Waals surface area contributed by atoms with Crippen LogP contribution in [0.2, 0.25) is 5.02 Å². The van der Waals surface area contributed by atoms with Crippen LogP contribution in [0.1, 0.15) is 10.4 Å². The first-order valence-electron chi connectivity index (χ1n) is 8.21. The molecule has 0 bridgehead atoms. The molecule has 0 fully saturated rings. The van der Waals surface area contributed by atoms with Crippen LogP contribution in [0.25, 0.3) is 28.1 Å². The number of carboxylic acid groups (broad SMARTS) is 1. The predicted molar refractivity (Wildman–Crippen MR) is 104 cm³/mol. The number of aromatic carboxylic acids is 1. The zero-order valence-electron chi connectivity index (χ0n) is 14.1. The molecule has 0 atom stereocenters. The lowest BCUT2D eigenvalue weighted by Gasteiger charge is -2.05. The maximum Gasteiger partial charge on any atom is 0.335 e. The highest BCUT2D eigenvalue weighted by Crippen LogP contribution is 2.34. The van der Waals surface area contributed by atoms with Gasteiger partial charge in [0.2, 0.25) is 0 Å². The van der Waals surface area contributed by atoms with Crippen molar-refractivity contribution in [1.82, 2.24) is 14.8 Å². The minimum atomic E-state index is -1.03. The monoisotopic (exact) mass is 375 g/mol. The number of benzene rings is 2. The Morgan fingerprint density at radius 2 is 1.70 bits per heavy atom. The molecule has 2 aromatic carbocycles. The van der Waals surface area contributed by atoms with Crippen molar-refractivity contribution in [2.75, 3.05) is 0 Å². The Kier molecular flexibility index (Phi) is 4.44. The Labute approximate surface area is 160 Å². The highest BCUT2D eigenvalue weighted by atomic mass is 35.5. The molecule has 1 N–H and O–H groups in total. The van der Waals surface area contributed by atoms with Crippen LogP contribution in [0.3, 0.4) is 0 Å². The fraction of sp³-hybridized carbons (Fsp3) is 0. The molecule has 5 nitrogen and oxygen atoms in total. The van der Waals surface area contributed by atoms with Crippen molar-refractivity contribution in [3.05, 3.63) is 89.8 Å². The summed E-state index contributed by atoms with van der Waals surface area (Å²) < 4.78 is 1.77. The summed E-state index contributed by atoms with van der Waals surface area (Å²) in [6.07, 6.45) is 5.27. The van der Waals surface area contributed by atoms with Crippen LogP contribution in [0.5, 0.6) is 0 Å². The van der Waals surface area contributed by atoms with Gasteiger partial charge >= 0.3 is 5.97 Å². The molecular formula is C21H14ClN3O2. The number of hydrogen-bond donors (Lipinski definition) is 1. The molecule has 2 aromatic heterocycles. The topological polar surface area (TPSA) is 68.0 Å². The fourth-order valence-electron chi connectivity index (χ4n) is 2.89. The van der Waals surface area contributed by atoms with Crippen LogP contribution in [-0.2, 0) is 0 Å². The van der Waals surface area contributed by atoms with E-state index in [4.69, 9.17) is 16.7 Å². The van der Waals surface area contributed by atoms with E-state index in [0.29, 0.717) is 10.6 Å². The third-order valence-electron chi connectivity index (χ3n) is 4.14. The van der Waals surface area contributed by atoms with Crippen LogP contribution in [0.4, 0.5) is 0 Å². The molecule has 0 aliphatic heterocycles. The van der Waals surface area contributed by atoms with E-state index >= 15 is 0 Å². The van der Waals surface area contributed by atoms with Crippen LogP contribution < -0.4 is 0 Å². The Bertz CT molecular complexity index is 1110. The van der Waals surface area contributed by atoms with Gasteiger partial charge in [-0.2, -0.15) is 5.10 Å². The van der Waals surface area contributed by atoms with Gasteiger partial charge in [0.25, 0.3) is 0 Å². The normalized spacial score (nSPS) is 10.7. The number of carboxylic acids is 1. The van der Waals surface area contributed by atoms with E-state index < -0.39 is 5.97 Å². The molecule has 27 heavy (non-hydrogen) atoms. The van der Waals surface area contributed by atoms with Gasteiger partial charge in [-0.3, -0.25) is 4.98 Å². The smallest absolute Gasteiger partial charge is 0.335 e. The summed E-state index contributed by atoms with van der Waals surface area (Å²) in [4.78, 5) is 15.5. The molecule has 0 aliphatic rings. The number of aromatic nitrogens is 3. The Balaban J connectivity index is 1.94. The second-order valence-electron chi connectivity index (χ2n) is 5.94. The Morgan fingerprint density at radius 1 is 0.963 bits per heavy atom. The minimum Gasteiger partial charge on any atom is -0.478 e. The first-order valence-corrected chi connectivity index (χ1v) is 8.59. The van der Waals surface area contributed by atoms with E-state index in [1.54, 1.807) is 29.2 Å². The molecule has 4 aromatic rings. The predicted octanol–water partition coefficient (Wildman–Crippen LogP) is 4.95. The van der Waals surface area contributed by atoms with Crippen LogP contribution in [-0.4, -0.2) is 25.8 Å². The molecule has 2 heterocycles. The molecule has 0 aliphatic carbocycles. The summed E-state index contributed by atoms with van der Waals surface area (Å²) in [7, 11) is 0. The number of carbonyl (C=O) groups is 1. The lowest BCUT2D eigenvalue weighted by atomic mass is 10.0. The maximum absolute atomic E-state index is 11.4. The highest BCUT2D eigenvalue weighted by molar-refractivity contribution is 6.31. The lowest BCUT2D eigenvalue weighted by molar-refractivity contribution is 0.0697. The van der Waals surface area contributed by atoms with Crippen molar-refractivity contribution in [2.24, 2.45) is 0 Å². The molecule has 0 unspecified atom stereocenters. The van der Waals surface area contributed by atoms with Gasteiger partial charge in [-0.05, 0) is 48.0 Å².